The Balaban J connectivity index is 0.000000454. The maximum Gasteiger partial charge on any atom is 0.231 e. The van der Waals surface area contributed by atoms with Crippen molar-refractivity contribution in [3.63, 3.8) is 0 Å². The van der Waals surface area contributed by atoms with Crippen LogP contribution < -0.4 is 15.8 Å². The van der Waals surface area contributed by atoms with Crippen LogP contribution in [0, 0.1) is 11.3 Å². The number of fused-ring (bicyclic) bond motifs is 1. The standard InChI is InChI=1S/C22H21N3OS.C3H8N2O/c1-14(2)26-20-11-10-16(12-17(20)13-23)21-24-25-22(27-21)19-9-5-7-15-6-3-4-8-18(15)19;1-5-2-3(4)6/h5,7,9-12,14H,3-4,6,8H2,1-2H3;5H,2H2,1H3,(H2,4,6). The molecule has 3 aromatic rings. The summed E-state index contributed by atoms with van der Waals surface area (Å²) >= 11 is 1.58. The van der Waals surface area contributed by atoms with E-state index in [0.717, 1.165) is 28.4 Å². The van der Waals surface area contributed by atoms with E-state index in [4.69, 9.17) is 10.5 Å². The molecule has 0 saturated heterocycles. The van der Waals surface area contributed by atoms with Crippen LogP contribution in [0.25, 0.3) is 21.1 Å². The van der Waals surface area contributed by atoms with Crippen LogP contribution in [0.4, 0.5) is 0 Å². The molecule has 0 atom stereocenters. The minimum Gasteiger partial charge on any atom is -0.490 e. The number of carbonyl (C=O) groups is 1. The number of nitriles is 1. The van der Waals surface area contributed by atoms with E-state index in [1.54, 1.807) is 18.4 Å². The summed E-state index contributed by atoms with van der Waals surface area (Å²) in [4.78, 5) is 9.76. The molecule has 172 valence electrons. The number of aromatic nitrogens is 2. The summed E-state index contributed by atoms with van der Waals surface area (Å²) in [5.74, 6) is 0.288. The molecule has 1 amide bonds. The number of nitrogens with zero attached hydrogens (tertiary/aromatic N) is 3. The monoisotopic (exact) mass is 463 g/mol. The van der Waals surface area contributed by atoms with Crippen LogP contribution in [0.3, 0.4) is 0 Å². The second-order valence-corrected chi connectivity index (χ2v) is 9.03. The first-order valence-electron chi connectivity index (χ1n) is 11.0. The van der Waals surface area contributed by atoms with Crippen LogP contribution in [0.2, 0.25) is 0 Å². The van der Waals surface area contributed by atoms with Crippen LogP contribution >= 0.6 is 11.3 Å². The summed E-state index contributed by atoms with van der Waals surface area (Å²) in [6.45, 7) is 4.17. The molecule has 4 rings (SSSR count). The van der Waals surface area contributed by atoms with E-state index in [0.29, 0.717) is 11.3 Å². The molecular weight excluding hydrogens is 434 g/mol. The number of hydrogen-bond donors (Lipinski definition) is 2. The molecule has 3 N–H and O–H groups in total. The third kappa shape index (κ3) is 6.37. The maximum absolute atomic E-state index is 9.76. The Kier molecular flexibility index (Phi) is 8.52. The van der Waals surface area contributed by atoms with Gasteiger partial charge in [-0.15, -0.1) is 10.2 Å². The van der Waals surface area contributed by atoms with Crippen molar-refractivity contribution in [3.8, 4) is 33.0 Å². The molecule has 0 spiro atoms. The molecule has 33 heavy (non-hydrogen) atoms. The van der Waals surface area contributed by atoms with Gasteiger partial charge in [0.2, 0.25) is 5.91 Å². The van der Waals surface area contributed by atoms with Gasteiger partial charge < -0.3 is 15.8 Å². The Hall–Kier alpha value is -3.28. The molecule has 0 saturated carbocycles. The fourth-order valence-corrected chi connectivity index (χ4v) is 4.60. The molecule has 2 aromatic carbocycles. The van der Waals surface area contributed by atoms with E-state index >= 15 is 0 Å². The smallest absolute Gasteiger partial charge is 0.231 e. The van der Waals surface area contributed by atoms with Crippen LogP contribution in [0.15, 0.2) is 36.4 Å². The summed E-state index contributed by atoms with van der Waals surface area (Å²) in [7, 11) is 1.67. The fourth-order valence-electron chi connectivity index (χ4n) is 3.71. The first kappa shape index (κ1) is 24.4. The number of ether oxygens (including phenoxy) is 1. The fraction of sp³-hybridized carbons (Fsp3) is 0.360. The van der Waals surface area contributed by atoms with Gasteiger partial charge in [0.15, 0.2) is 0 Å². The average molecular weight is 464 g/mol. The third-order valence-corrected chi connectivity index (χ3v) is 6.12. The maximum atomic E-state index is 9.76. The topological polar surface area (TPSA) is 114 Å². The van der Waals surface area contributed by atoms with Crippen LogP contribution in [0.1, 0.15) is 43.4 Å². The molecule has 0 fully saturated rings. The zero-order chi connectivity index (χ0) is 23.8. The van der Waals surface area contributed by atoms with Gasteiger partial charge in [0.1, 0.15) is 21.8 Å². The first-order chi connectivity index (χ1) is 15.9. The molecular formula is C25H29N5O2S. The van der Waals surface area contributed by atoms with Crippen molar-refractivity contribution >= 4 is 17.2 Å². The number of aryl methyl sites for hydroxylation is 1. The van der Waals surface area contributed by atoms with Crippen molar-refractivity contribution in [1.29, 1.82) is 5.26 Å². The van der Waals surface area contributed by atoms with Gasteiger partial charge in [-0.2, -0.15) is 5.26 Å². The van der Waals surface area contributed by atoms with E-state index in [1.165, 1.54) is 29.5 Å². The number of hydrogen-bond acceptors (Lipinski definition) is 7. The van der Waals surface area contributed by atoms with E-state index in [1.807, 2.05) is 32.0 Å². The summed E-state index contributed by atoms with van der Waals surface area (Å²) in [5.41, 5.74) is 10.2. The van der Waals surface area contributed by atoms with Gasteiger partial charge in [-0.3, -0.25) is 4.79 Å². The van der Waals surface area contributed by atoms with E-state index in [9.17, 15) is 10.1 Å². The largest absolute Gasteiger partial charge is 0.490 e. The third-order valence-electron chi connectivity index (χ3n) is 5.11. The zero-order valence-corrected chi connectivity index (χ0v) is 20.0. The second-order valence-electron chi connectivity index (χ2n) is 8.05. The Morgan fingerprint density at radius 1 is 1.21 bits per heavy atom. The van der Waals surface area contributed by atoms with Crippen molar-refractivity contribution in [2.45, 2.75) is 45.6 Å². The SMILES string of the molecule is CC(C)Oc1ccc(-c2nnc(-c3cccc4c3CCCC4)s2)cc1C#N.CNCC(N)=O. The van der Waals surface area contributed by atoms with Gasteiger partial charge in [-0.25, -0.2) is 0 Å². The van der Waals surface area contributed by atoms with Crippen LogP contribution in [-0.2, 0) is 17.6 Å². The second kappa shape index (κ2) is 11.5. The normalized spacial score (nSPS) is 12.3. The first-order valence-corrected chi connectivity index (χ1v) is 11.8. The van der Waals surface area contributed by atoms with Gasteiger partial charge in [-0.05, 0) is 75.9 Å². The number of nitrogens with one attached hydrogen (secondary N) is 1. The van der Waals surface area contributed by atoms with E-state index in [-0.39, 0.29) is 18.6 Å². The Morgan fingerprint density at radius 3 is 2.64 bits per heavy atom. The quantitative estimate of drug-likeness (QED) is 0.569. The van der Waals surface area contributed by atoms with Crippen molar-refractivity contribution in [3.05, 3.63) is 53.1 Å². The summed E-state index contributed by atoms with van der Waals surface area (Å²) in [6, 6.07) is 14.3. The molecule has 0 aliphatic heterocycles. The predicted octanol–water partition coefficient (Wildman–Crippen LogP) is 4.10. The van der Waals surface area contributed by atoms with Gasteiger partial charge in [0.25, 0.3) is 0 Å². The molecule has 1 aliphatic carbocycles. The summed E-state index contributed by atoms with van der Waals surface area (Å²) in [6.07, 6.45) is 4.79. The highest BCUT2D eigenvalue weighted by Gasteiger charge is 2.18. The molecule has 0 bridgehead atoms. The van der Waals surface area contributed by atoms with Crippen molar-refractivity contribution < 1.29 is 9.53 Å². The Bertz CT molecular complexity index is 1150. The lowest BCUT2D eigenvalue weighted by Gasteiger charge is -2.17. The minimum atomic E-state index is -0.322. The lowest BCUT2D eigenvalue weighted by Crippen LogP contribution is -2.25. The number of rotatable bonds is 6. The van der Waals surface area contributed by atoms with Gasteiger partial charge in [0.05, 0.1) is 18.2 Å². The van der Waals surface area contributed by atoms with Gasteiger partial charge in [0, 0.05) is 11.1 Å². The van der Waals surface area contributed by atoms with Crippen molar-refractivity contribution in [2.24, 2.45) is 5.73 Å². The number of likely N-dealkylation sites (N-methyl/N-ethyl adjacent to an activating group) is 1. The highest BCUT2D eigenvalue weighted by Crippen LogP contribution is 2.36. The molecule has 1 heterocycles. The molecule has 1 aliphatic rings. The van der Waals surface area contributed by atoms with E-state index in [2.05, 4.69) is 39.8 Å². The highest BCUT2D eigenvalue weighted by atomic mass is 32.1. The van der Waals surface area contributed by atoms with Crippen LogP contribution in [-0.4, -0.2) is 35.8 Å². The predicted molar refractivity (Wildman–Crippen MR) is 131 cm³/mol. The number of amides is 1. The van der Waals surface area contributed by atoms with E-state index < -0.39 is 0 Å². The highest BCUT2D eigenvalue weighted by molar-refractivity contribution is 7.17. The number of benzene rings is 2. The number of primary amides is 1. The molecule has 0 radical (unpaired) electrons. The summed E-state index contributed by atoms with van der Waals surface area (Å²) < 4.78 is 5.71. The lowest BCUT2D eigenvalue weighted by atomic mass is 9.88. The number of nitrogens with two attached hydrogens (primary N) is 1. The minimum absolute atomic E-state index is 0.0281. The summed E-state index contributed by atoms with van der Waals surface area (Å²) in [5, 5.41) is 22.7. The number of carbonyl (C=O) groups excluding carboxylic acids is 1. The average Bonchev–Trinajstić information content (AvgIpc) is 3.29. The molecule has 8 heteroatoms. The molecule has 1 aromatic heterocycles. The van der Waals surface area contributed by atoms with Crippen molar-refractivity contribution in [1.82, 2.24) is 15.5 Å². The molecule has 0 unspecified atom stereocenters. The van der Waals surface area contributed by atoms with Gasteiger partial charge >= 0.3 is 0 Å². The van der Waals surface area contributed by atoms with Crippen LogP contribution in [0.5, 0.6) is 5.75 Å². The van der Waals surface area contributed by atoms with Gasteiger partial charge in [-0.1, -0.05) is 29.5 Å². The van der Waals surface area contributed by atoms with Crippen molar-refractivity contribution in [2.75, 3.05) is 13.6 Å². The molecule has 7 nitrogen and oxygen atoms in total. The Labute approximate surface area is 198 Å². The lowest BCUT2D eigenvalue weighted by molar-refractivity contribution is -0.117. The zero-order valence-electron chi connectivity index (χ0n) is 19.2. The Morgan fingerprint density at radius 2 is 1.97 bits per heavy atom.